The summed E-state index contributed by atoms with van der Waals surface area (Å²) in [5.74, 6) is 2.22. The number of nitrogens with zero attached hydrogens (tertiary/aromatic N) is 6. The molecule has 8 bridgehead atoms. The number of hydrogen-bond acceptors (Lipinski definition) is 10. The molecule has 16 nitrogen and oxygen atoms in total. The SMILES string of the molecule is O=[C-]O.O=[C-]O.O=[C-]O.O=[C-]O.[Ni]=[CH]/C=C\c1[c-]c2nc3nc(nc4[nH]c(nc5nc(nc1[nH]2)-c1ccccc1-5)c1ccccc41)-c1ccccc1-3. The van der Waals surface area contributed by atoms with Crippen LogP contribution in [0.2, 0.25) is 0 Å². The fraction of sp³-hybridized carbons (Fsp3) is 0. The van der Waals surface area contributed by atoms with Crippen LogP contribution < -0.4 is 0 Å². The van der Waals surface area contributed by atoms with E-state index in [0.29, 0.717) is 77.3 Å². The Hall–Kier alpha value is -7.26. The number of aromatic amines is 2. The van der Waals surface area contributed by atoms with Crippen LogP contribution in [0, 0.1) is 6.07 Å². The van der Waals surface area contributed by atoms with E-state index in [-0.39, 0.29) is 0 Å². The Bertz CT molecular complexity index is 2420. The summed E-state index contributed by atoms with van der Waals surface area (Å²) in [4.78, 5) is 70.6. The van der Waals surface area contributed by atoms with Crippen molar-refractivity contribution in [3.63, 3.8) is 0 Å². The first-order valence-corrected chi connectivity index (χ1v) is 14.8. The van der Waals surface area contributed by atoms with E-state index >= 15 is 0 Å². The Balaban J connectivity index is 0.000000449. The second-order valence-corrected chi connectivity index (χ2v) is 9.94. The molecule has 2 aliphatic rings. The molecule has 0 spiro atoms. The summed E-state index contributed by atoms with van der Waals surface area (Å²) in [6.45, 7) is 2.00. The van der Waals surface area contributed by atoms with Gasteiger partial charge in [-0.15, -0.1) is 0 Å². The summed E-state index contributed by atoms with van der Waals surface area (Å²) in [6, 6.07) is 27.2. The molecule has 8 rings (SSSR count). The van der Waals surface area contributed by atoms with Crippen LogP contribution in [0.25, 0.3) is 85.0 Å². The minimum atomic E-state index is 0.488. The van der Waals surface area contributed by atoms with Gasteiger partial charge in [-0.2, -0.15) is 0 Å². The molecule has 0 aliphatic carbocycles. The van der Waals surface area contributed by atoms with Gasteiger partial charge in [0.2, 0.25) is 0 Å². The molecule has 5 heterocycles. The van der Waals surface area contributed by atoms with Crippen LogP contribution in [0.3, 0.4) is 0 Å². The molecular formula is C35H21N8NiO8-5. The van der Waals surface area contributed by atoms with E-state index in [1.807, 2.05) is 78.9 Å². The van der Waals surface area contributed by atoms with Gasteiger partial charge in [-0.3, -0.25) is 0 Å². The third-order valence-corrected chi connectivity index (χ3v) is 7.05. The van der Waals surface area contributed by atoms with E-state index in [0.717, 1.165) is 33.0 Å². The van der Waals surface area contributed by atoms with Gasteiger partial charge in [-0.05, 0) is 0 Å². The van der Waals surface area contributed by atoms with Crippen LogP contribution in [-0.4, -0.2) is 91.2 Å². The number of hydrogen-bond donors (Lipinski definition) is 6. The molecule has 0 radical (unpaired) electrons. The van der Waals surface area contributed by atoms with Crippen molar-refractivity contribution in [3.05, 3.63) is 90.5 Å². The summed E-state index contributed by atoms with van der Waals surface area (Å²) in [5.41, 5.74) is 6.66. The topological polar surface area (TPSA) is 258 Å². The van der Waals surface area contributed by atoms with Crippen molar-refractivity contribution in [1.29, 1.82) is 0 Å². The van der Waals surface area contributed by atoms with Crippen LogP contribution in [0.4, 0.5) is 0 Å². The number of H-pyrrole nitrogens is 2. The maximum atomic E-state index is 8.24. The normalized spacial score (nSPS) is 10.2. The molecule has 3 aromatic carbocycles. The van der Waals surface area contributed by atoms with Gasteiger partial charge in [0.05, 0.1) is 0 Å². The van der Waals surface area contributed by atoms with Crippen molar-refractivity contribution in [3.8, 4) is 45.6 Å². The monoisotopic (exact) mass is 739 g/mol. The van der Waals surface area contributed by atoms with Crippen molar-refractivity contribution in [2.75, 3.05) is 0 Å². The first-order valence-electron chi connectivity index (χ1n) is 14.3. The molecule has 0 saturated carbocycles. The van der Waals surface area contributed by atoms with E-state index in [1.165, 1.54) is 0 Å². The fourth-order valence-electron chi connectivity index (χ4n) is 5.06. The second-order valence-electron chi connectivity index (χ2n) is 9.61. The Morgan fingerprint density at radius 3 is 1.31 bits per heavy atom. The van der Waals surface area contributed by atoms with Gasteiger partial charge in [0.1, 0.15) is 0 Å². The first kappa shape index (κ1) is 37.6. The predicted octanol–water partition coefficient (Wildman–Crippen LogP) is 4.32. The number of aromatic nitrogens is 8. The number of nitrogens with one attached hydrogen (secondary N) is 2. The molecule has 0 atom stereocenters. The summed E-state index contributed by atoms with van der Waals surface area (Å²) >= 11 is 4.71. The molecule has 264 valence electrons. The third kappa shape index (κ3) is 8.48. The zero-order chi connectivity index (χ0) is 37.5. The Kier molecular flexibility index (Phi) is 13.4. The summed E-state index contributed by atoms with van der Waals surface area (Å²) in [5, 5.41) is 28.9. The van der Waals surface area contributed by atoms with Crippen LogP contribution >= 0.6 is 0 Å². The van der Waals surface area contributed by atoms with Crippen LogP contribution in [-0.2, 0) is 34.2 Å². The van der Waals surface area contributed by atoms with E-state index in [2.05, 4.69) is 16.0 Å². The molecular weight excluding hydrogens is 719 g/mol. The van der Waals surface area contributed by atoms with Gasteiger partial charge in [0, 0.05) is 5.39 Å². The number of allylic oxidation sites excluding steroid dienone is 1. The molecule has 0 fully saturated rings. The Labute approximate surface area is 300 Å². The average Bonchev–Trinajstić information content (AvgIpc) is 3.89. The second kappa shape index (κ2) is 18.5. The van der Waals surface area contributed by atoms with Gasteiger partial charge in [-0.25, -0.2) is 0 Å². The van der Waals surface area contributed by atoms with E-state index < -0.39 is 0 Å². The van der Waals surface area contributed by atoms with E-state index in [4.69, 9.17) is 84.5 Å². The van der Waals surface area contributed by atoms with Crippen LogP contribution in [0.1, 0.15) is 5.56 Å². The quantitative estimate of drug-likeness (QED) is 0.107. The summed E-state index contributed by atoms with van der Waals surface area (Å²) < 4.78 is 0. The fourth-order valence-corrected chi connectivity index (χ4v) is 5.16. The number of aliphatic hydroxyl groups excluding tert-OH is 4. The molecule has 6 N–H and O–H groups in total. The van der Waals surface area contributed by atoms with Gasteiger partial charge in [-0.1, -0.05) is 50.2 Å². The molecule has 17 heteroatoms. The molecule has 6 aromatic rings. The van der Waals surface area contributed by atoms with E-state index in [9.17, 15) is 0 Å². The number of rotatable bonds is 2. The maximum absolute atomic E-state index is 8.24. The van der Waals surface area contributed by atoms with Crippen LogP contribution in [0.5, 0.6) is 0 Å². The molecule has 52 heavy (non-hydrogen) atoms. The first-order chi connectivity index (χ1) is 25.4. The summed E-state index contributed by atoms with van der Waals surface area (Å²) in [6.07, 6.45) is 3.63. The zero-order valence-electron chi connectivity index (χ0n) is 26.1. The van der Waals surface area contributed by atoms with Gasteiger partial charge >= 0.3 is 206 Å². The van der Waals surface area contributed by atoms with Crippen molar-refractivity contribution < 1.29 is 54.6 Å². The molecule has 0 amide bonds. The van der Waals surface area contributed by atoms with Gasteiger partial charge < -0.3 is 39.6 Å². The zero-order valence-corrected chi connectivity index (χ0v) is 27.1. The van der Waals surface area contributed by atoms with Gasteiger partial charge in [0.25, 0.3) is 0 Å². The Morgan fingerprint density at radius 2 is 0.904 bits per heavy atom. The Morgan fingerprint density at radius 1 is 0.538 bits per heavy atom. The predicted molar refractivity (Wildman–Crippen MR) is 186 cm³/mol. The molecule has 3 aromatic heterocycles. The van der Waals surface area contributed by atoms with Crippen LogP contribution in [0.15, 0.2) is 78.9 Å². The third-order valence-electron chi connectivity index (χ3n) is 6.86. The number of fused-ring (bicyclic) bond motifs is 17. The van der Waals surface area contributed by atoms with Crippen molar-refractivity contribution in [2.24, 2.45) is 0 Å². The molecule has 0 unspecified atom stereocenters. The molecule has 0 saturated heterocycles. The summed E-state index contributed by atoms with van der Waals surface area (Å²) in [7, 11) is 0. The molecule has 2 aliphatic heterocycles. The van der Waals surface area contributed by atoms with Crippen molar-refractivity contribution in [1.82, 2.24) is 39.9 Å². The van der Waals surface area contributed by atoms with Crippen molar-refractivity contribution in [2.45, 2.75) is 0 Å². The minimum absolute atomic E-state index is 0.488. The van der Waals surface area contributed by atoms with Crippen molar-refractivity contribution >= 4 is 70.3 Å². The standard InChI is InChI=1S/C31H17N8.4CHO2.Ni/c1-2-9-17-16-24-32-25(17)34-27-20-12-5-6-13-21(20)29(36-27)38-31-23-15-8-7-14-22(23)30(39-31)37-28-19-11-4-3-10-18(19)26(33-24)35-28;4*2-1-3;/h1-15H,(H2,32,33,34,35,36,37,38,39);4*(H,2,3);/q5*-1;/b9-2-;;;;;. The average molecular weight is 740 g/mol. The van der Waals surface area contributed by atoms with Gasteiger partial charge in [0.15, 0.2) is 0 Å². The number of benzene rings is 3. The van der Waals surface area contributed by atoms with E-state index in [1.54, 1.807) is 11.1 Å².